The van der Waals surface area contributed by atoms with Crippen LogP contribution in [0.5, 0.6) is 0 Å². The summed E-state index contributed by atoms with van der Waals surface area (Å²) in [6.45, 7) is 4.11. The third-order valence-electron chi connectivity index (χ3n) is 3.85. The van der Waals surface area contributed by atoms with Crippen LogP contribution in [0.3, 0.4) is 0 Å². The average molecular weight is 362 g/mol. The molecule has 0 amide bonds. The highest BCUT2D eigenvalue weighted by Crippen LogP contribution is 2.20. The largest absolute Gasteiger partial charge is 0.379 e. The predicted octanol–water partition coefficient (Wildman–Crippen LogP) is 2.84. The molecule has 3 heterocycles. The predicted molar refractivity (Wildman–Crippen MR) is 95.1 cm³/mol. The lowest BCUT2D eigenvalue weighted by molar-refractivity contribution is 0.0328. The van der Waals surface area contributed by atoms with Crippen molar-refractivity contribution in [1.82, 2.24) is 24.7 Å². The zero-order chi connectivity index (χ0) is 16.4. The van der Waals surface area contributed by atoms with Crippen molar-refractivity contribution < 1.29 is 4.74 Å². The van der Waals surface area contributed by atoms with Gasteiger partial charge < -0.3 is 4.74 Å². The molecule has 0 atom stereocenters. The summed E-state index contributed by atoms with van der Waals surface area (Å²) in [5.41, 5.74) is 0.971. The molecule has 0 aliphatic carbocycles. The number of aromatic nitrogens is 4. The summed E-state index contributed by atoms with van der Waals surface area (Å²) in [6.07, 6.45) is 3.93. The van der Waals surface area contributed by atoms with E-state index in [9.17, 15) is 0 Å². The van der Waals surface area contributed by atoms with Crippen LogP contribution in [0.4, 0.5) is 0 Å². The van der Waals surface area contributed by atoms with Crippen molar-refractivity contribution in [2.45, 2.75) is 6.54 Å². The molecule has 8 heteroatoms. The van der Waals surface area contributed by atoms with Crippen LogP contribution in [0, 0.1) is 0 Å². The van der Waals surface area contributed by atoms with Crippen LogP contribution in [0.15, 0.2) is 24.3 Å². The molecule has 0 saturated carbocycles. The van der Waals surface area contributed by atoms with E-state index in [2.05, 4.69) is 20.2 Å². The number of hydrogen-bond donors (Lipinski definition) is 0. The van der Waals surface area contributed by atoms with Crippen molar-refractivity contribution >= 4 is 40.1 Å². The monoisotopic (exact) mass is 361 g/mol. The van der Waals surface area contributed by atoms with Gasteiger partial charge in [0.25, 0.3) is 0 Å². The van der Waals surface area contributed by atoms with E-state index in [0.29, 0.717) is 0 Å². The molecule has 1 saturated heterocycles. The molecule has 24 heavy (non-hydrogen) atoms. The molecule has 0 N–H and O–H groups in total. The zero-order valence-corrected chi connectivity index (χ0v) is 14.5. The first-order valence-electron chi connectivity index (χ1n) is 7.73. The molecule has 124 valence electrons. The third-order valence-corrected chi connectivity index (χ3v) is 5.06. The van der Waals surface area contributed by atoms with Gasteiger partial charge in [-0.15, -0.1) is 10.2 Å². The van der Waals surface area contributed by atoms with E-state index in [1.165, 1.54) is 11.3 Å². The number of ether oxygens (including phenoxy) is 1. The summed E-state index contributed by atoms with van der Waals surface area (Å²) < 4.78 is 7.20. The first kappa shape index (κ1) is 15.7. The second-order valence-electron chi connectivity index (χ2n) is 5.49. The van der Waals surface area contributed by atoms with Crippen LogP contribution in [0.1, 0.15) is 16.4 Å². The Bertz CT molecular complexity index is 868. The second-order valence-corrected chi connectivity index (χ2v) is 6.89. The van der Waals surface area contributed by atoms with Crippen LogP contribution in [-0.4, -0.2) is 51.0 Å². The number of benzene rings is 1. The molecule has 1 aliphatic rings. The van der Waals surface area contributed by atoms with E-state index in [1.807, 2.05) is 40.9 Å². The summed E-state index contributed by atoms with van der Waals surface area (Å²) in [7, 11) is 0. The van der Waals surface area contributed by atoms with Crippen molar-refractivity contribution in [1.29, 1.82) is 0 Å². The van der Waals surface area contributed by atoms with Crippen LogP contribution < -0.4 is 0 Å². The Morgan fingerprint density at radius 3 is 2.83 bits per heavy atom. The highest BCUT2D eigenvalue weighted by Gasteiger charge is 2.16. The molecule has 0 bridgehead atoms. The van der Waals surface area contributed by atoms with E-state index in [-0.39, 0.29) is 0 Å². The number of morpholine rings is 1. The molecule has 2 aromatic heterocycles. The molecule has 1 aliphatic heterocycles. The first-order chi connectivity index (χ1) is 11.8. The quantitative estimate of drug-likeness (QED) is 0.715. The Morgan fingerprint density at radius 2 is 2.00 bits per heavy atom. The lowest BCUT2D eigenvalue weighted by Gasteiger charge is -2.25. The number of halogens is 1. The van der Waals surface area contributed by atoms with Gasteiger partial charge in [0.1, 0.15) is 5.01 Å². The molecule has 6 nitrogen and oxygen atoms in total. The Balaban J connectivity index is 1.54. The summed E-state index contributed by atoms with van der Waals surface area (Å²) in [6, 6.07) is 7.73. The zero-order valence-electron chi connectivity index (χ0n) is 12.9. The normalized spacial score (nSPS) is 16.4. The van der Waals surface area contributed by atoms with Gasteiger partial charge in [-0.25, -0.2) is 0 Å². The summed E-state index contributed by atoms with van der Waals surface area (Å²) in [5, 5.41) is 14.7. The summed E-state index contributed by atoms with van der Waals surface area (Å²) in [4.78, 5) is 3.11. The molecule has 4 rings (SSSR count). The van der Waals surface area contributed by atoms with Crippen LogP contribution in [-0.2, 0) is 11.3 Å². The highest BCUT2D eigenvalue weighted by atomic mass is 35.5. The Kier molecular flexibility index (Phi) is 4.57. The second kappa shape index (κ2) is 6.98. The maximum atomic E-state index is 6.17. The smallest absolute Gasteiger partial charge is 0.235 e. The molecular weight excluding hydrogens is 346 g/mol. The molecule has 0 unspecified atom stereocenters. The summed E-state index contributed by atoms with van der Waals surface area (Å²) in [5.74, 6) is 0.862. The minimum atomic E-state index is 0.727. The number of rotatable bonds is 4. The van der Waals surface area contributed by atoms with Gasteiger partial charge in [0.15, 0.2) is 5.82 Å². The number of nitrogens with zero attached hydrogens (tertiary/aromatic N) is 5. The van der Waals surface area contributed by atoms with E-state index in [1.54, 1.807) is 0 Å². The molecule has 3 aromatic rings. The van der Waals surface area contributed by atoms with Crippen molar-refractivity contribution in [3.63, 3.8) is 0 Å². The Morgan fingerprint density at radius 1 is 1.17 bits per heavy atom. The Hall–Kier alpha value is -1.80. The maximum absolute atomic E-state index is 6.17. The molecule has 1 aromatic carbocycles. The van der Waals surface area contributed by atoms with Gasteiger partial charge in [-0.2, -0.15) is 9.61 Å². The fraction of sp³-hybridized carbons (Fsp3) is 0.312. The minimum absolute atomic E-state index is 0.727. The van der Waals surface area contributed by atoms with Gasteiger partial charge in [-0.1, -0.05) is 47.2 Å². The average Bonchev–Trinajstić information content (AvgIpc) is 3.17. The van der Waals surface area contributed by atoms with Gasteiger partial charge in [0.05, 0.1) is 19.8 Å². The fourth-order valence-corrected chi connectivity index (χ4v) is 3.53. The van der Waals surface area contributed by atoms with Gasteiger partial charge in [0, 0.05) is 18.1 Å². The van der Waals surface area contributed by atoms with Crippen molar-refractivity contribution in [2.75, 3.05) is 26.3 Å². The van der Waals surface area contributed by atoms with Crippen LogP contribution in [0.2, 0.25) is 5.02 Å². The summed E-state index contributed by atoms with van der Waals surface area (Å²) >= 11 is 7.68. The topological polar surface area (TPSA) is 55.5 Å². The molecule has 0 radical (unpaired) electrons. The molecule has 0 spiro atoms. The van der Waals surface area contributed by atoms with Crippen LogP contribution >= 0.6 is 22.9 Å². The SMILES string of the molecule is Clc1ccccc1/C=C\c1nn2c(CN3CCOCC3)nnc2s1. The van der Waals surface area contributed by atoms with E-state index in [0.717, 1.165) is 59.2 Å². The minimum Gasteiger partial charge on any atom is -0.379 e. The van der Waals surface area contributed by atoms with Gasteiger partial charge >= 0.3 is 0 Å². The van der Waals surface area contributed by atoms with E-state index >= 15 is 0 Å². The van der Waals surface area contributed by atoms with Crippen molar-refractivity contribution in [3.05, 3.63) is 45.7 Å². The van der Waals surface area contributed by atoms with Crippen LogP contribution in [0.25, 0.3) is 17.1 Å². The third kappa shape index (κ3) is 3.34. The standard InChI is InChI=1S/C16H16ClN5OS/c17-13-4-2-1-3-12(13)5-6-15-20-22-14(18-19-16(22)24-15)11-21-7-9-23-10-8-21/h1-6H,7-11H2/b6-5-. The van der Waals surface area contributed by atoms with Gasteiger partial charge in [-0.3, -0.25) is 4.90 Å². The highest BCUT2D eigenvalue weighted by molar-refractivity contribution is 7.17. The molecule has 1 fully saturated rings. The lowest BCUT2D eigenvalue weighted by atomic mass is 10.2. The molecular formula is C16H16ClN5OS. The van der Waals surface area contributed by atoms with Gasteiger partial charge in [-0.05, 0) is 17.7 Å². The van der Waals surface area contributed by atoms with E-state index in [4.69, 9.17) is 16.3 Å². The first-order valence-corrected chi connectivity index (χ1v) is 8.93. The maximum Gasteiger partial charge on any atom is 0.235 e. The number of hydrogen-bond acceptors (Lipinski definition) is 6. The fourth-order valence-electron chi connectivity index (χ4n) is 2.57. The number of fused-ring (bicyclic) bond motifs is 1. The van der Waals surface area contributed by atoms with Gasteiger partial charge in [0.2, 0.25) is 4.96 Å². The van der Waals surface area contributed by atoms with E-state index < -0.39 is 0 Å². The lowest BCUT2D eigenvalue weighted by Crippen LogP contribution is -2.36. The van der Waals surface area contributed by atoms with Crippen molar-refractivity contribution in [2.24, 2.45) is 0 Å². The van der Waals surface area contributed by atoms with Crippen molar-refractivity contribution in [3.8, 4) is 0 Å². The Labute approximate surface area is 148 Å².